The average Bonchev–Trinajstić information content (AvgIpc) is 2.18. The highest BCUT2D eigenvalue weighted by molar-refractivity contribution is 4.76. The van der Waals surface area contributed by atoms with Crippen molar-refractivity contribution in [3.8, 4) is 0 Å². The zero-order chi connectivity index (χ0) is 9.90. The summed E-state index contributed by atoms with van der Waals surface area (Å²) in [5.41, 5.74) is 0. The SMILES string of the molecule is CC(C)C1COC(CF)(CF)OC1. The van der Waals surface area contributed by atoms with Crippen molar-refractivity contribution in [3.05, 3.63) is 0 Å². The summed E-state index contributed by atoms with van der Waals surface area (Å²) in [6, 6.07) is 0. The standard InChI is InChI=1S/C9H16F2O2/c1-7(2)8-3-12-9(5-10,6-11)13-4-8/h7-8H,3-6H2,1-2H3. The molecule has 13 heavy (non-hydrogen) atoms. The molecule has 1 aliphatic heterocycles. The van der Waals surface area contributed by atoms with Crippen LogP contribution in [-0.2, 0) is 9.47 Å². The van der Waals surface area contributed by atoms with E-state index in [4.69, 9.17) is 9.47 Å². The van der Waals surface area contributed by atoms with Gasteiger partial charge in [-0.25, -0.2) is 8.78 Å². The van der Waals surface area contributed by atoms with Crippen molar-refractivity contribution in [1.29, 1.82) is 0 Å². The van der Waals surface area contributed by atoms with Crippen LogP contribution in [0.3, 0.4) is 0 Å². The predicted octanol–water partition coefficient (Wildman–Crippen LogP) is 1.94. The summed E-state index contributed by atoms with van der Waals surface area (Å²) in [6.07, 6.45) is 0. The zero-order valence-corrected chi connectivity index (χ0v) is 8.06. The number of rotatable bonds is 3. The molecule has 0 aliphatic carbocycles. The third kappa shape index (κ3) is 2.38. The third-order valence-electron chi connectivity index (χ3n) is 2.47. The number of hydrogen-bond donors (Lipinski definition) is 0. The first-order valence-electron chi connectivity index (χ1n) is 4.53. The van der Waals surface area contributed by atoms with E-state index < -0.39 is 19.1 Å². The van der Waals surface area contributed by atoms with Crippen LogP contribution in [0.4, 0.5) is 8.78 Å². The molecular formula is C9H16F2O2. The second kappa shape index (κ2) is 4.33. The quantitative estimate of drug-likeness (QED) is 0.683. The smallest absolute Gasteiger partial charge is 0.226 e. The fraction of sp³-hybridized carbons (Fsp3) is 1.00. The number of hydrogen-bond acceptors (Lipinski definition) is 2. The first-order valence-corrected chi connectivity index (χ1v) is 4.53. The van der Waals surface area contributed by atoms with Gasteiger partial charge in [0.1, 0.15) is 13.3 Å². The van der Waals surface area contributed by atoms with Gasteiger partial charge in [0.05, 0.1) is 13.2 Å². The highest BCUT2D eigenvalue weighted by atomic mass is 19.1. The Kier molecular flexibility index (Phi) is 3.62. The van der Waals surface area contributed by atoms with Crippen molar-refractivity contribution in [2.75, 3.05) is 26.6 Å². The van der Waals surface area contributed by atoms with Crippen molar-refractivity contribution < 1.29 is 18.3 Å². The normalized spacial score (nSPS) is 23.8. The van der Waals surface area contributed by atoms with Gasteiger partial charge in [0, 0.05) is 5.92 Å². The fourth-order valence-electron chi connectivity index (χ4n) is 1.18. The van der Waals surface area contributed by atoms with Gasteiger partial charge in [-0.2, -0.15) is 0 Å². The van der Waals surface area contributed by atoms with Gasteiger partial charge in [0.15, 0.2) is 0 Å². The lowest BCUT2D eigenvalue weighted by molar-refractivity contribution is -0.297. The molecular weight excluding hydrogens is 178 g/mol. The monoisotopic (exact) mass is 194 g/mol. The topological polar surface area (TPSA) is 18.5 Å². The largest absolute Gasteiger partial charge is 0.345 e. The van der Waals surface area contributed by atoms with Crippen LogP contribution < -0.4 is 0 Å². The highest BCUT2D eigenvalue weighted by Gasteiger charge is 2.38. The van der Waals surface area contributed by atoms with Crippen LogP contribution in [0.1, 0.15) is 13.8 Å². The predicted molar refractivity (Wildman–Crippen MR) is 44.9 cm³/mol. The lowest BCUT2D eigenvalue weighted by atomic mass is 9.97. The molecule has 4 heteroatoms. The van der Waals surface area contributed by atoms with Crippen LogP contribution in [0.15, 0.2) is 0 Å². The Morgan fingerprint density at radius 2 is 1.69 bits per heavy atom. The minimum absolute atomic E-state index is 0.242. The summed E-state index contributed by atoms with van der Waals surface area (Å²) in [6.45, 7) is 2.99. The molecule has 0 saturated carbocycles. The zero-order valence-electron chi connectivity index (χ0n) is 8.06. The van der Waals surface area contributed by atoms with E-state index in [1.807, 2.05) is 13.8 Å². The van der Waals surface area contributed by atoms with Gasteiger partial charge in [-0.3, -0.25) is 0 Å². The molecule has 0 bridgehead atoms. The van der Waals surface area contributed by atoms with Crippen molar-refractivity contribution in [2.24, 2.45) is 11.8 Å². The van der Waals surface area contributed by atoms with Crippen molar-refractivity contribution >= 4 is 0 Å². The number of halogens is 2. The maximum absolute atomic E-state index is 12.4. The Bertz CT molecular complexity index is 148. The van der Waals surface area contributed by atoms with Crippen LogP contribution in [0, 0.1) is 11.8 Å². The van der Waals surface area contributed by atoms with Crippen LogP contribution in [0.25, 0.3) is 0 Å². The lowest BCUT2D eigenvalue weighted by Crippen LogP contribution is -2.48. The van der Waals surface area contributed by atoms with Crippen LogP contribution in [-0.4, -0.2) is 32.4 Å². The molecule has 1 fully saturated rings. The summed E-state index contributed by atoms with van der Waals surface area (Å²) >= 11 is 0. The molecule has 0 radical (unpaired) electrons. The minimum Gasteiger partial charge on any atom is -0.345 e. The van der Waals surface area contributed by atoms with Crippen LogP contribution in [0.5, 0.6) is 0 Å². The molecule has 0 amide bonds. The maximum Gasteiger partial charge on any atom is 0.226 e. The summed E-state index contributed by atoms with van der Waals surface area (Å²) in [4.78, 5) is 0. The maximum atomic E-state index is 12.4. The summed E-state index contributed by atoms with van der Waals surface area (Å²) < 4.78 is 34.9. The number of ether oxygens (including phenoxy) is 2. The van der Waals surface area contributed by atoms with Crippen LogP contribution in [0.2, 0.25) is 0 Å². The van der Waals surface area contributed by atoms with Crippen molar-refractivity contribution in [2.45, 2.75) is 19.6 Å². The summed E-state index contributed by atoms with van der Waals surface area (Å²) in [7, 11) is 0. The first kappa shape index (κ1) is 10.9. The van der Waals surface area contributed by atoms with Gasteiger partial charge in [0.25, 0.3) is 0 Å². The van der Waals surface area contributed by atoms with Gasteiger partial charge in [-0.05, 0) is 5.92 Å². The Labute approximate surface area is 77.2 Å². The lowest BCUT2D eigenvalue weighted by Gasteiger charge is -2.37. The van der Waals surface area contributed by atoms with Gasteiger partial charge in [0.2, 0.25) is 5.79 Å². The second-order valence-electron chi connectivity index (χ2n) is 3.80. The fourth-order valence-corrected chi connectivity index (χ4v) is 1.18. The molecule has 0 unspecified atom stereocenters. The van der Waals surface area contributed by atoms with E-state index in [1.54, 1.807) is 0 Å². The average molecular weight is 194 g/mol. The van der Waals surface area contributed by atoms with E-state index in [0.717, 1.165) is 0 Å². The summed E-state index contributed by atoms with van der Waals surface area (Å²) in [5, 5.41) is 0. The molecule has 0 aromatic rings. The first-order chi connectivity index (χ1) is 6.13. The Morgan fingerprint density at radius 1 is 1.23 bits per heavy atom. The molecule has 1 heterocycles. The van der Waals surface area contributed by atoms with Gasteiger partial charge in [-0.1, -0.05) is 13.8 Å². The molecule has 1 aliphatic rings. The molecule has 1 rings (SSSR count). The second-order valence-corrected chi connectivity index (χ2v) is 3.80. The molecule has 78 valence electrons. The van der Waals surface area contributed by atoms with E-state index in [2.05, 4.69) is 0 Å². The Balaban J connectivity index is 2.45. The van der Waals surface area contributed by atoms with Gasteiger partial charge >= 0.3 is 0 Å². The molecule has 0 spiro atoms. The Morgan fingerprint density at radius 3 is 2.00 bits per heavy atom. The Hall–Kier alpha value is -0.220. The molecule has 2 nitrogen and oxygen atoms in total. The van der Waals surface area contributed by atoms with E-state index in [1.165, 1.54) is 0 Å². The van der Waals surface area contributed by atoms with Crippen molar-refractivity contribution in [3.63, 3.8) is 0 Å². The number of alkyl halides is 2. The molecule has 0 N–H and O–H groups in total. The minimum atomic E-state index is -1.61. The third-order valence-corrected chi connectivity index (χ3v) is 2.47. The van der Waals surface area contributed by atoms with E-state index in [9.17, 15) is 8.78 Å². The van der Waals surface area contributed by atoms with Crippen LogP contribution >= 0.6 is 0 Å². The molecule has 0 aromatic heterocycles. The van der Waals surface area contributed by atoms with Gasteiger partial charge < -0.3 is 9.47 Å². The van der Waals surface area contributed by atoms with E-state index in [-0.39, 0.29) is 5.92 Å². The summed E-state index contributed by atoms with van der Waals surface area (Å²) in [5.74, 6) is -0.950. The van der Waals surface area contributed by atoms with E-state index in [0.29, 0.717) is 19.1 Å². The van der Waals surface area contributed by atoms with E-state index >= 15 is 0 Å². The van der Waals surface area contributed by atoms with Crippen molar-refractivity contribution in [1.82, 2.24) is 0 Å². The highest BCUT2D eigenvalue weighted by Crippen LogP contribution is 2.26. The molecule has 0 atom stereocenters. The molecule has 0 aromatic carbocycles. The van der Waals surface area contributed by atoms with Gasteiger partial charge in [-0.15, -0.1) is 0 Å². The molecule has 1 saturated heterocycles.